The molecule has 2 aliphatic heterocycles. The van der Waals surface area contributed by atoms with Crippen molar-refractivity contribution in [2.24, 2.45) is 5.92 Å². The lowest BCUT2D eigenvalue weighted by Gasteiger charge is -2.36. The van der Waals surface area contributed by atoms with E-state index < -0.39 is 0 Å². The van der Waals surface area contributed by atoms with Gasteiger partial charge in [0.2, 0.25) is 0 Å². The van der Waals surface area contributed by atoms with Crippen LogP contribution in [0.3, 0.4) is 0 Å². The highest BCUT2D eigenvalue weighted by Gasteiger charge is 2.37. The average Bonchev–Trinajstić information content (AvgIpc) is 2.82. The van der Waals surface area contributed by atoms with Crippen LogP contribution < -0.4 is 5.32 Å². The van der Waals surface area contributed by atoms with Gasteiger partial charge in [-0.15, -0.1) is 11.3 Å². The Morgan fingerprint density at radius 1 is 1.28 bits per heavy atom. The normalized spacial score (nSPS) is 32.0. The van der Waals surface area contributed by atoms with Crippen LogP contribution in [0.4, 0.5) is 0 Å². The van der Waals surface area contributed by atoms with E-state index in [4.69, 9.17) is 0 Å². The SMILES string of the molecule is Cc1ccc(CNCC2CC3CCC(C2)N3C)s1. The van der Waals surface area contributed by atoms with Crippen LogP contribution in [0.1, 0.15) is 35.4 Å². The lowest BCUT2D eigenvalue weighted by atomic mass is 9.91. The molecule has 3 rings (SSSR count). The Kier molecular flexibility index (Phi) is 3.73. The Labute approximate surface area is 114 Å². The first-order chi connectivity index (χ1) is 8.72. The van der Waals surface area contributed by atoms with E-state index in [1.807, 2.05) is 11.3 Å². The van der Waals surface area contributed by atoms with Crippen molar-refractivity contribution in [1.29, 1.82) is 0 Å². The highest BCUT2D eigenvalue weighted by Crippen LogP contribution is 2.37. The second-order valence-corrected chi connectivity index (χ2v) is 7.40. The van der Waals surface area contributed by atoms with E-state index in [0.29, 0.717) is 0 Å². The molecule has 2 atom stereocenters. The van der Waals surface area contributed by atoms with Gasteiger partial charge in [-0.2, -0.15) is 0 Å². The molecule has 2 saturated heterocycles. The molecule has 2 unspecified atom stereocenters. The largest absolute Gasteiger partial charge is 0.312 e. The fourth-order valence-corrected chi connectivity index (χ4v) is 4.53. The van der Waals surface area contributed by atoms with E-state index >= 15 is 0 Å². The molecule has 0 spiro atoms. The van der Waals surface area contributed by atoms with Gasteiger partial charge in [0.15, 0.2) is 0 Å². The van der Waals surface area contributed by atoms with E-state index in [2.05, 4.69) is 36.3 Å². The molecule has 0 aliphatic carbocycles. The molecule has 1 aromatic heterocycles. The van der Waals surface area contributed by atoms with Crippen molar-refractivity contribution in [2.45, 2.75) is 51.2 Å². The van der Waals surface area contributed by atoms with Crippen molar-refractivity contribution in [3.8, 4) is 0 Å². The molecule has 1 N–H and O–H groups in total. The zero-order chi connectivity index (χ0) is 12.5. The minimum absolute atomic E-state index is 0.875. The third-order valence-electron chi connectivity index (χ3n) is 4.72. The minimum atomic E-state index is 0.875. The molecule has 100 valence electrons. The predicted octanol–water partition coefficient (Wildman–Crippen LogP) is 3.02. The summed E-state index contributed by atoms with van der Waals surface area (Å²) in [6.45, 7) is 4.45. The topological polar surface area (TPSA) is 15.3 Å². The summed E-state index contributed by atoms with van der Waals surface area (Å²) >= 11 is 1.92. The highest BCUT2D eigenvalue weighted by atomic mass is 32.1. The molecule has 0 radical (unpaired) electrons. The number of aryl methyl sites for hydroxylation is 1. The van der Waals surface area contributed by atoms with Crippen LogP contribution >= 0.6 is 11.3 Å². The van der Waals surface area contributed by atoms with Crippen LogP contribution in [-0.2, 0) is 6.54 Å². The molecule has 2 fully saturated rings. The molecule has 1 aromatic rings. The van der Waals surface area contributed by atoms with Crippen molar-refractivity contribution in [2.75, 3.05) is 13.6 Å². The summed E-state index contributed by atoms with van der Waals surface area (Å²) in [4.78, 5) is 5.52. The first-order valence-corrected chi connectivity index (χ1v) is 8.02. The average molecular weight is 264 g/mol. The van der Waals surface area contributed by atoms with Crippen LogP contribution in [0.15, 0.2) is 12.1 Å². The second kappa shape index (κ2) is 5.32. The molecular formula is C15H24N2S. The molecule has 0 aromatic carbocycles. The summed E-state index contributed by atoms with van der Waals surface area (Å²) in [5.41, 5.74) is 0. The van der Waals surface area contributed by atoms with Gasteiger partial charge in [0, 0.05) is 28.4 Å². The molecule has 3 heterocycles. The van der Waals surface area contributed by atoms with Crippen LogP contribution in [-0.4, -0.2) is 30.6 Å². The van der Waals surface area contributed by atoms with Crippen LogP contribution in [0.5, 0.6) is 0 Å². The predicted molar refractivity (Wildman–Crippen MR) is 78.1 cm³/mol. The zero-order valence-corrected chi connectivity index (χ0v) is 12.3. The number of hydrogen-bond acceptors (Lipinski definition) is 3. The maximum atomic E-state index is 3.66. The third-order valence-corrected chi connectivity index (χ3v) is 5.72. The van der Waals surface area contributed by atoms with E-state index in [1.54, 1.807) is 0 Å². The molecule has 0 saturated carbocycles. The summed E-state index contributed by atoms with van der Waals surface area (Å²) in [5, 5.41) is 3.66. The van der Waals surface area contributed by atoms with Gasteiger partial charge in [0.1, 0.15) is 0 Å². The molecule has 2 aliphatic rings. The number of fused-ring (bicyclic) bond motifs is 2. The first kappa shape index (κ1) is 12.6. The number of piperidine rings is 1. The van der Waals surface area contributed by atoms with Crippen LogP contribution in [0.2, 0.25) is 0 Å². The van der Waals surface area contributed by atoms with Gasteiger partial charge in [0.05, 0.1) is 0 Å². The summed E-state index contributed by atoms with van der Waals surface area (Å²) in [7, 11) is 2.32. The molecule has 2 nitrogen and oxygen atoms in total. The fourth-order valence-electron chi connectivity index (χ4n) is 3.67. The number of nitrogens with one attached hydrogen (secondary N) is 1. The van der Waals surface area contributed by atoms with Gasteiger partial charge >= 0.3 is 0 Å². The maximum Gasteiger partial charge on any atom is 0.0299 e. The summed E-state index contributed by atoms with van der Waals surface area (Å²) in [6.07, 6.45) is 5.68. The van der Waals surface area contributed by atoms with Crippen molar-refractivity contribution in [3.05, 3.63) is 21.9 Å². The van der Waals surface area contributed by atoms with Crippen molar-refractivity contribution in [1.82, 2.24) is 10.2 Å². The summed E-state index contributed by atoms with van der Waals surface area (Å²) < 4.78 is 0. The Hall–Kier alpha value is -0.380. The third kappa shape index (κ3) is 2.63. The molecule has 2 bridgehead atoms. The molecule has 3 heteroatoms. The van der Waals surface area contributed by atoms with Gasteiger partial charge in [-0.05, 0) is 64.3 Å². The number of nitrogens with zero attached hydrogens (tertiary/aromatic N) is 1. The van der Waals surface area contributed by atoms with Gasteiger partial charge in [-0.1, -0.05) is 0 Å². The van der Waals surface area contributed by atoms with E-state index in [-0.39, 0.29) is 0 Å². The van der Waals surface area contributed by atoms with Gasteiger partial charge in [0.25, 0.3) is 0 Å². The van der Waals surface area contributed by atoms with Crippen molar-refractivity contribution in [3.63, 3.8) is 0 Å². The van der Waals surface area contributed by atoms with E-state index in [9.17, 15) is 0 Å². The number of rotatable bonds is 4. The second-order valence-electron chi connectivity index (χ2n) is 6.03. The standard InChI is InChI=1S/C15H24N2S/c1-11-3-6-15(18-11)10-16-9-12-7-13-4-5-14(8-12)17(13)2/h3,6,12-14,16H,4-5,7-10H2,1-2H3. The van der Waals surface area contributed by atoms with Gasteiger partial charge < -0.3 is 10.2 Å². The monoisotopic (exact) mass is 264 g/mol. The first-order valence-electron chi connectivity index (χ1n) is 7.20. The Bertz CT molecular complexity index is 387. The summed E-state index contributed by atoms with van der Waals surface area (Å²) in [5.74, 6) is 0.903. The minimum Gasteiger partial charge on any atom is -0.312 e. The molecule has 0 amide bonds. The zero-order valence-electron chi connectivity index (χ0n) is 11.5. The van der Waals surface area contributed by atoms with Gasteiger partial charge in [-0.25, -0.2) is 0 Å². The Balaban J connectivity index is 1.44. The van der Waals surface area contributed by atoms with E-state index in [0.717, 1.165) is 24.5 Å². The highest BCUT2D eigenvalue weighted by molar-refractivity contribution is 7.11. The van der Waals surface area contributed by atoms with Crippen molar-refractivity contribution < 1.29 is 0 Å². The van der Waals surface area contributed by atoms with Crippen LogP contribution in [0, 0.1) is 12.8 Å². The van der Waals surface area contributed by atoms with E-state index in [1.165, 1.54) is 42.0 Å². The Morgan fingerprint density at radius 2 is 2.00 bits per heavy atom. The number of hydrogen-bond donors (Lipinski definition) is 1. The number of thiophene rings is 1. The lowest BCUT2D eigenvalue weighted by Crippen LogP contribution is -2.42. The van der Waals surface area contributed by atoms with Crippen molar-refractivity contribution >= 4 is 11.3 Å². The smallest absolute Gasteiger partial charge is 0.0299 e. The fraction of sp³-hybridized carbons (Fsp3) is 0.733. The quantitative estimate of drug-likeness (QED) is 0.899. The molecular weight excluding hydrogens is 240 g/mol. The summed E-state index contributed by atoms with van der Waals surface area (Å²) in [6, 6.07) is 6.22. The van der Waals surface area contributed by atoms with Crippen LogP contribution in [0.25, 0.3) is 0 Å². The lowest BCUT2D eigenvalue weighted by molar-refractivity contribution is 0.133. The molecule has 18 heavy (non-hydrogen) atoms. The Morgan fingerprint density at radius 3 is 2.61 bits per heavy atom. The maximum absolute atomic E-state index is 3.66. The van der Waals surface area contributed by atoms with Gasteiger partial charge in [-0.3, -0.25) is 0 Å².